The minimum absolute atomic E-state index is 0.0845. The first kappa shape index (κ1) is 12.3. The topological polar surface area (TPSA) is 61.0 Å². The monoisotopic (exact) mass is 269 g/mol. The molecule has 1 heterocycles. The molecule has 0 aliphatic rings. The van der Waals surface area contributed by atoms with E-state index in [-0.39, 0.29) is 17.4 Å². The Labute approximate surface area is 115 Å². The number of anilines is 1. The Morgan fingerprint density at radius 2 is 1.70 bits per heavy atom. The second-order valence-electron chi connectivity index (χ2n) is 4.39. The highest BCUT2D eigenvalue weighted by Gasteiger charge is 2.12. The molecule has 5 heteroatoms. The van der Waals surface area contributed by atoms with Gasteiger partial charge >= 0.3 is 0 Å². The van der Waals surface area contributed by atoms with Crippen LogP contribution in [0.3, 0.4) is 0 Å². The van der Waals surface area contributed by atoms with E-state index in [1.165, 1.54) is 6.07 Å². The van der Waals surface area contributed by atoms with E-state index >= 15 is 0 Å². The third-order valence-corrected chi connectivity index (χ3v) is 2.93. The molecular weight excluding hydrogens is 257 g/mol. The molecule has 0 spiro atoms. The smallest absolute Gasteiger partial charge is 0.263 e. The SMILES string of the molecule is Cc1cccc(Oc2nc3ccccc3nc2N)c1F. The van der Waals surface area contributed by atoms with Crippen LogP contribution in [0.15, 0.2) is 42.5 Å². The van der Waals surface area contributed by atoms with Crippen molar-refractivity contribution in [3.05, 3.63) is 53.8 Å². The maximum Gasteiger partial charge on any atom is 0.263 e. The van der Waals surface area contributed by atoms with E-state index in [2.05, 4.69) is 9.97 Å². The summed E-state index contributed by atoms with van der Waals surface area (Å²) in [5, 5.41) is 0. The zero-order valence-electron chi connectivity index (χ0n) is 10.8. The third kappa shape index (κ3) is 2.14. The molecule has 0 aliphatic heterocycles. The van der Waals surface area contributed by atoms with E-state index in [1.54, 1.807) is 31.2 Å². The first-order valence-electron chi connectivity index (χ1n) is 6.10. The maximum atomic E-state index is 13.9. The fourth-order valence-corrected chi connectivity index (χ4v) is 1.88. The van der Waals surface area contributed by atoms with Gasteiger partial charge in [0.1, 0.15) is 0 Å². The maximum absolute atomic E-state index is 13.9. The number of aromatic nitrogens is 2. The van der Waals surface area contributed by atoms with Crippen LogP contribution in [0.2, 0.25) is 0 Å². The number of rotatable bonds is 2. The fraction of sp³-hybridized carbons (Fsp3) is 0.0667. The molecule has 0 saturated carbocycles. The number of ether oxygens (including phenoxy) is 1. The lowest BCUT2D eigenvalue weighted by molar-refractivity contribution is 0.428. The molecule has 100 valence electrons. The Morgan fingerprint density at radius 3 is 2.45 bits per heavy atom. The lowest BCUT2D eigenvalue weighted by atomic mass is 10.2. The van der Waals surface area contributed by atoms with Gasteiger partial charge in [0, 0.05) is 0 Å². The predicted octanol–water partition coefficient (Wildman–Crippen LogP) is 3.45. The van der Waals surface area contributed by atoms with Crippen LogP contribution in [0.5, 0.6) is 11.6 Å². The molecule has 0 amide bonds. The largest absolute Gasteiger partial charge is 0.433 e. The molecule has 0 fully saturated rings. The summed E-state index contributed by atoms with van der Waals surface area (Å²) in [4.78, 5) is 8.46. The lowest BCUT2D eigenvalue weighted by Gasteiger charge is -2.09. The quantitative estimate of drug-likeness (QED) is 0.774. The van der Waals surface area contributed by atoms with Crippen LogP contribution < -0.4 is 10.5 Å². The Morgan fingerprint density at radius 1 is 1.00 bits per heavy atom. The Balaban J connectivity index is 2.06. The standard InChI is InChI=1S/C15H12FN3O/c1-9-5-4-8-12(13(9)16)20-15-14(17)18-10-6-2-3-7-11(10)19-15/h2-8H,1H3,(H2,17,18). The zero-order chi connectivity index (χ0) is 14.1. The van der Waals surface area contributed by atoms with Gasteiger partial charge in [-0.3, -0.25) is 0 Å². The van der Waals surface area contributed by atoms with Gasteiger partial charge in [0.05, 0.1) is 11.0 Å². The van der Waals surface area contributed by atoms with Crippen LogP contribution in [0.1, 0.15) is 5.56 Å². The molecule has 3 rings (SSSR count). The van der Waals surface area contributed by atoms with E-state index < -0.39 is 5.82 Å². The predicted molar refractivity (Wildman–Crippen MR) is 75.2 cm³/mol. The first-order valence-corrected chi connectivity index (χ1v) is 6.10. The van der Waals surface area contributed by atoms with Crippen LogP contribution in [0, 0.1) is 12.7 Å². The van der Waals surface area contributed by atoms with Crippen molar-refractivity contribution in [3.63, 3.8) is 0 Å². The van der Waals surface area contributed by atoms with Crippen molar-refractivity contribution in [2.24, 2.45) is 0 Å². The van der Waals surface area contributed by atoms with E-state index in [0.717, 1.165) is 0 Å². The molecule has 0 saturated heterocycles. The van der Waals surface area contributed by atoms with Crippen LogP contribution in [-0.2, 0) is 0 Å². The summed E-state index contributed by atoms with van der Waals surface area (Å²) in [5.41, 5.74) is 7.61. The Bertz CT molecular complexity index is 789. The molecule has 4 nitrogen and oxygen atoms in total. The zero-order valence-corrected chi connectivity index (χ0v) is 10.8. The average Bonchev–Trinajstić information content (AvgIpc) is 2.44. The molecule has 20 heavy (non-hydrogen) atoms. The van der Waals surface area contributed by atoms with Gasteiger partial charge < -0.3 is 10.5 Å². The summed E-state index contributed by atoms with van der Waals surface area (Å²) in [6.45, 7) is 1.66. The van der Waals surface area contributed by atoms with Gasteiger partial charge in [-0.2, -0.15) is 0 Å². The van der Waals surface area contributed by atoms with Crippen molar-refractivity contribution in [3.8, 4) is 11.6 Å². The number of hydrogen-bond acceptors (Lipinski definition) is 4. The number of nitrogen functional groups attached to an aromatic ring is 1. The van der Waals surface area contributed by atoms with Gasteiger partial charge in [-0.25, -0.2) is 14.4 Å². The fourth-order valence-electron chi connectivity index (χ4n) is 1.88. The Kier molecular flexibility index (Phi) is 2.95. The summed E-state index contributed by atoms with van der Waals surface area (Å²) >= 11 is 0. The molecule has 0 bridgehead atoms. The van der Waals surface area contributed by atoms with Crippen LogP contribution in [-0.4, -0.2) is 9.97 Å². The number of para-hydroxylation sites is 2. The highest BCUT2D eigenvalue weighted by atomic mass is 19.1. The average molecular weight is 269 g/mol. The Hall–Kier alpha value is -2.69. The van der Waals surface area contributed by atoms with Crippen LogP contribution in [0.4, 0.5) is 10.2 Å². The third-order valence-electron chi connectivity index (χ3n) is 2.93. The van der Waals surface area contributed by atoms with Gasteiger partial charge in [0.15, 0.2) is 17.4 Å². The van der Waals surface area contributed by atoms with E-state index in [4.69, 9.17) is 10.5 Å². The second kappa shape index (κ2) is 4.77. The van der Waals surface area contributed by atoms with Crippen molar-refractivity contribution >= 4 is 16.9 Å². The van der Waals surface area contributed by atoms with Crippen LogP contribution >= 0.6 is 0 Å². The molecule has 0 atom stereocenters. The summed E-state index contributed by atoms with van der Waals surface area (Å²) in [6.07, 6.45) is 0. The van der Waals surface area contributed by atoms with Crippen molar-refractivity contribution in [2.75, 3.05) is 5.73 Å². The van der Waals surface area contributed by atoms with Gasteiger partial charge in [0.2, 0.25) is 0 Å². The number of halogens is 1. The minimum atomic E-state index is -0.429. The number of hydrogen-bond donors (Lipinski definition) is 1. The highest BCUT2D eigenvalue weighted by molar-refractivity contribution is 5.76. The number of nitrogens with zero attached hydrogens (tertiary/aromatic N) is 2. The normalized spacial score (nSPS) is 10.7. The molecule has 3 aromatic rings. The number of fused-ring (bicyclic) bond motifs is 1. The van der Waals surface area contributed by atoms with Gasteiger partial charge in [-0.05, 0) is 30.7 Å². The first-order chi connectivity index (χ1) is 9.65. The molecule has 0 aliphatic carbocycles. The van der Waals surface area contributed by atoms with Crippen molar-refractivity contribution < 1.29 is 9.13 Å². The second-order valence-corrected chi connectivity index (χ2v) is 4.39. The molecule has 0 radical (unpaired) electrons. The van der Waals surface area contributed by atoms with Crippen molar-refractivity contribution in [2.45, 2.75) is 6.92 Å². The van der Waals surface area contributed by atoms with Gasteiger partial charge in [0.25, 0.3) is 5.88 Å². The highest BCUT2D eigenvalue weighted by Crippen LogP contribution is 2.29. The molecule has 2 N–H and O–H groups in total. The summed E-state index contributed by atoms with van der Waals surface area (Å²) in [7, 11) is 0. The summed E-state index contributed by atoms with van der Waals surface area (Å²) < 4.78 is 19.4. The summed E-state index contributed by atoms with van der Waals surface area (Å²) in [6, 6.07) is 12.2. The molecule has 2 aromatic carbocycles. The number of nitrogens with two attached hydrogens (primary N) is 1. The van der Waals surface area contributed by atoms with Gasteiger partial charge in [-0.15, -0.1) is 0 Å². The van der Waals surface area contributed by atoms with E-state index in [1.807, 2.05) is 12.1 Å². The molecular formula is C15H12FN3O. The van der Waals surface area contributed by atoms with Crippen molar-refractivity contribution in [1.82, 2.24) is 9.97 Å². The summed E-state index contributed by atoms with van der Waals surface area (Å²) in [5.74, 6) is -0.110. The molecule has 1 aromatic heterocycles. The molecule has 0 unspecified atom stereocenters. The van der Waals surface area contributed by atoms with Crippen LogP contribution in [0.25, 0.3) is 11.0 Å². The van der Waals surface area contributed by atoms with Crippen molar-refractivity contribution in [1.29, 1.82) is 0 Å². The minimum Gasteiger partial charge on any atom is -0.433 e. The number of aryl methyl sites for hydroxylation is 1. The van der Waals surface area contributed by atoms with E-state index in [9.17, 15) is 4.39 Å². The lowest BCUT2D eigenvalue weighted by Crippen LogP contribution is -2.00. The number of benzene rings is 2. The van der Waals surface area contributed by atoms with E-state index in [0.29, 0.717) is 16.6 Å². The van der Waals surface area contributed by atoms with Gasteiger partial charge in [-0.1, -0.05) is 24.3 Å².